The van der Waals surface area contributed by atoms with Gasteiger partial charge in [-0.1, -0.05) is 94.0 Å². The average molecular weight is 426 g/mol. The molecule has 0 bridgehead atoms. The molecule has 0 saturated carbocycles. The largest absolute Gasteiger partial charge is 0.382 e. The number of imidazole rings is 1. The predicted octanol–water partition coefficient (Wildman–Crippen LogP) is 6.27. The van der Waals surface area contributed by atoms with Gasteiger partial charge in [0, 0.05) is 12.3 Å². The van der Waals surface area contributed by atoms with Gasteiger partial charge in [0.25, 0.3) is 0 Å². The Morgan fingerprint density at radius 3 is 2.40 bits per heavy atom. The van der Waals surface area contributed by atoms with E-state index in [0.29, 0.717) is 5.82 Å². The van der Waals surface area contributed by atoms with Crippen molar-refractivity contribution in [2.75, 3.05) is 11.5 Å². The van der Waals surface area contributed by atoms with Crippen LogP contribution < -0.4 is 5.73 Å². The van der Waals surface area contributed by atoms with Gasteiger partial charge < -0.3 is 10.3 Å². The zero-order chi connectivity index (χ0) is 21.0. The highest BCUT2D eigenvalue weighted by atomic mass is 32.2. The molecule has 30 heavy (non-hydrogen) atoms. The van der Waals surface area contributed by atoms with Crippen molar-refractivity contribution < 1.29 is 0 Å². The molecule has 0 aliphatic carbocycles. The number of thioether (sulfide) groups is 1. The van der Waals surface area contributed by atoms with Crippen LogP contribution in [0.15, 0.2) is 41.8 Å². The van der Waals surface area contributed by atoms with E-state index in [1.165, 1.54) is 50.5 Å². The van der Waals surface area contributed by atoms with Crippen molar-refractivity contribution in [2.45, 2.75) is 82.8 Å². The van der Waals surface area contributed by atoms with Crippen molar-refractivity contribution in [3.8, 4) is 0 Å². The maximum absolute atomic E-state index is 6.16. The second-order valence-corrected chi connectivity index (χ2v) is 8.98. The molecule has 0 radical (unpaired) electrons. The number of aromatic nitrogens is 4. The number of unbranched alkanes of at least 4 members (excludes halogenated alkanes) is 7. The van der Waals surface area contributed by atoms with E-state index in [4.69, 9.17) is 10.7 Å². The standard InChI is InChI=1S/C24H35N5S/c1-2-3-4-5-6-7-8-12-17-29-19-26-21-22(25)27-24(28-23(21)29)30-18-13-16-20-14-10-9-11-15-20/h9-11,14-15,19H,2-8,12-13,16-18H2,1H3,(H2,25,27,28). The van der Waals surface area contributed by atoms with E-state index in [1.807, 2.05) is 6.33 Å². The van der Waals surface area contributed by atoms with Crippen LogP contribution in [0.2, 0.25) is 0 Å². The summed E-state index contributed by atoms with van der Waals surface area (Å²) in [6, 6.07) is 10.6. The summed E-state index contributed by atoms with van der Waals surface area (Å²) in [5.41, 5.74) is 9.13. The van der Waals surface area contributed by atoms with Gasteiger partial charge >= 0.3 is 0 Å². The molecule has 2 aromatic heterocycles. The van der Waals surface area contributed by atoms with Crippen molar-refractivity contribution in [2.24, 2.45) is 0 Å². The third-order valence-corrected chi connectivity index (χ3v) is 6.34. The van der Waals surface area contributed by atoms with E-state index < -0.39 is 0 Å². The van der Waals surface area contributed by atoms with E-state index in [9.17, 15) is 0 Å². The predicted molar refractivity (Wildman–Crippen MR) is 128 cm³/mol. The molecule has 2 N–H and O–H groups in total. The van der Waals surface area contributed by atoms with Crippen molar-refractivity contribution in [3.63, 3.8) is 0 Å². The summed E-state index contributed by atoms with van der Waals surface area (Å²) in [6.45, 7) is 3.21. The number of rotatable bonds is 14. The first kappa shape index (κ1) is 22.6. The Kier molecular flexibility index (Phi) is 9.48. The molecule has 0 amide bonds. The highest BCUT2D eigenvalue weighted by molar-refractivity contribution is 7.99. The first-order valence-electron chi connectivity index (χ1n) is 11.4. The fraction of sp³-hybridized carbons (Fsp3) is 0.542. The third kappa shape index (κ3) is 7.01. The fourth-order valence-electron chi connectivity index (χ4n) is 3.67. The Morgan fingerprint density at radius 2 is 1.63 bits per heavy atom. The molecule has 0 atom stereocenters. The van der Waals surface area contributed by atoms with E-state index in [-0.39, 0.29) is 0 Å². The molecular weight excluding hydrogens is 390 g/mol. The number of nitrogens with two attached hydrogens (primary N) is 1. The molecule has 0 saturated heterocycles. The summed E-state index contributed by atoms with van der Waals surface area (Å²) >= 11 is 1.68. The normalized spacial score (nSPS) is 11.4. The number of fused-ring (bicyclic) bond motifs is 1. The smallest absolute Gasteiger partial charge is 0.191 e. The van der Waals surface area contributed by atoms with Crippen molar-refractivity contribution >= 4 is 28.7 Å². The van der Waals surface area contributed by atoms with Gasteiger partial charge in [0.15, 0.2) is 16.6 Å². The van der Waals surface area contributed by atoms with Crippen LogP contribution in [0.5, 0.6) is 0 Å². The highest BCUT2D eigenvalue weighted by Gasteiger charge is 2.11. The van der Waals surface area contributed by atoms with E-state index >= 15 is 0 Å². The average Bonchev–Trinajstić information content (AvgIpc) is 3.17. The van der Waals surface area contributed by atoms with Crippen LogP contribution in [0.3, 0.4) is 0 Å². The Balaban J connectivity index is 1.46. The Morgan fingerprint density at radius 1 is 0.900 bits per heavy atom. The molecule has 0 aliphatic rings. The zero-order valence-electron chi connectivity index (χ0n) is 18.2. The molecule has 3 aromatic rings. The van der Waals surface area contributed by atoms with Crippen molar-refractivity contribution in [3.05, 3.63) is 42.2 Å². The van der Waals surface area contributed by atoms with Gasteiger partial charge in [-0.25, -0.2) is 15.0 Å². The first-order valence-corrected chi connectivity index (χ1v) is 12.4. The molecule has 6 heteroatoms. The van der Waals surface area contributed by atoms with Crippen LogP contribution >= 0.6 is 11.8 Å². The summed E-state index contributed by atoms with van der Waals surface area (Å²) in [4.78, 5) is 13.7. The van der Waals surface area contributed by atoms with Gasteiger partial charge in [0.05, 0.1) is 6.33 Å². The molecule has 2 heterocycles. The molecule has 0 spiro atoms. The summed E-state index contributed by atoms with van der Waals surface area (Å²) in [5, 5.41) is 0.755. The summed E-state index contributed by atoms with van der Waals surface area (Å²) in [6.07, 6.45) is 14.5. The van der Waals surface area contributed by atoms with Crippen LogP contribution in [0.25, 0.3) is 11.2 Å². The van der Waals surface area contributed by atoms with Crippen molar-refractivity contribution in [1.29, 1.82) is 0 Å². The Labute approximate surface area is 184 Å². The number of nitrogen functional groups attached to an aromatic ring is 1. The summed E-state index contributed by atoms with van der Waals surface area (Å²) in [7, 11) is 0. The first-order chi connectivity index (χ1) is 14.8. The van der Waals surface area contributed by atoms with Gasteiger partial charge in [-0.15, -0.1) is 0 Å². The quantitative estimate of drug-likeness (QED) is 0.187. The van der Waals surface area contributed by atoms with E-state index in [2.05, 4.69) is 51.8 Å². The second-order valence-electron chi connectivity index (χ2n) is 7.91. The fourth-order valence-corrected chi connectivity index (χ4v) is 4.46. The minimum atomic E-state index is 0.486. The van der Waals surface area contributed by atoms with Crippen LogP contribution in [0.1, 0.15) is 70.3 Å². The molecular formula is C24H35N5S. The van der Waals surface area contributed by atoms with Crippen molar-refractivity contribution in [1.82, 2.24) is 19.5 Å². The highest BCUT2D eigenvalue weighted by Crippen LogP contribution is 2.23. The lowest BCUT2D eigenvalue weighted by molar-refractivity contribution is 0.546. The Hall–Kier alpha value is -2.08. The molecule has 3 rings (SSSR count). The number of aryl methyl sites for hydroxylation is 2. The van der Waals surface area contributed by atoms with Crippen LogP contribution in [0, 0.1) is 0 Å². The zero-order valence-corrected chi connectivity index (χ0v) is 19.0. The Bertz CT molecular complexity index is 878. The topological polar surface area (TPSA) is 69.6 Å². The number of hydrogen-bond donors (Lipinski definition) is 1. The van der Waals surface area contributed by atoms with E-state index in [1.54, 1.807) is 11.8 Å². The van der Waals surface area contributed by atoms with Crippen LogP contribution in [0.4, 0.5) is 5.82 Å². The number of hydrogen-bond acceptors (Lipinski definition) is 5. The van der Waals surface area contributed by atoms with Gasteiger partial charge in [-0.05, 0) is 24.8 Å². The van der Waals surface area contributed by atoms with Gasteiger partial charge in [0.2, 0.25) is 0 Å². The lowest BCUT2D eigenvalue weighted by Gasteiger charge is -2.06. The second kappa shape index (κ2) is 12.6. The minimum Gasteiger partial charge on any atom is -0.382 e. The summed E-state index contributed by atoms with van der Waals surface area (Å²) < 4.78 is 2.14. The van der Waals surface area contributed by atoms with Gasteiger partial charge in [-0.3, -0.25) is 0 Å². The number of nitrogens with zero attached hydrogens (tertiary/aromatic N) is 4. The molecule has 0 fully saturated rings. The van der Waals surface area contributed by atoms with Crippen LogP contribution in [-0.4, -0.2) is 25.3 Å². The third-order valence-electron chi connectivity index (χ3n) is 5.41. The molecule has 0 unspecified atom stereocenters. The SMILES string of the molecule is CCCCCCCCCCn1cnc2c(N)nc(SCCCc3ccccc3)nc21. The molecule has 162 valence electrons. The summed E-state index contributed by atoms with van der Waals surface area (Å²) in [5.74, 6) is 1.46. The van der Waals surface area contributed by atoms with Gasteiger partial charge in [0.1, 0.15) is 5.52 Å². The van der Waals surface area contributed by atoms with Crippen LogP contribution in [-0.2, 0) is 13.0 Å². The molecule has 1 aromatic carbocycles. The maximum Gasteiger partial charge on any atom is 0.191 e. The minimum absolute atomic E-state index is 0.486. The monoisotopic (exact) mass is 425 g/mol. The van der Waals surface area contributed by atoms with E-state index in [0.717, 1.165) is 47.9 Å². The lowest BCUT2D eigenvalue weighted by atomic mass is 10.1. The number of anilines is 1. The lowest BCUT2D eigenvalue weighted by Crippen LogP contribution is -2.02. The van der Waals surface area contributed by atoms with Gasteiger partial charge in [-0.2, -0.15) is 0 Å². The molecule has 5 nitrogen and oxygen atoms in total. The molecule has 0 aliphatic heterocycles. The number of benzene rings is 1. The maximum atomic E-state index is 6.16.